The van der Waals surface area contributed by atoms with Crippen molar-refractivity contribution in [3.05, 3.63) is 107 Å². The van der Waals surface area contributed by atoms with Crippen LogP contribution in [0.2, 0.25) is 0 Å². The van der Waals surface area contributed by atoms with Crippen molar-refractivity contribution < 1.29 is 24.2 Å². The quantitative estimate of drug-likeness (QED) is 0.220. The molecule has 0 aliphatic carbocycles. The first kappa shape index (κ1) is 24.4. The molecule has 39 heavy (non-hydrogen) atoms. The lowest BCUT2D eigenvalue weighted by molar-refractivity contribution is 0.100. The van der Waals surface area contributed by atoms with Gasteiger partial charge in [0, 0.05) is 12.3 Å². The highest BCUT2D eigenvalue weighted by Crippen LogP contribution is 2.45. The van der Waals surface area contributed by atoms with E-state index < -0.39 is 17.4 Å². The number of fused-ring (bicyclic) bond motifs is 1. The number of aromatic nitrogens is 2. The van der Waals surface area contributed by atoms with Crippen LogP contribution in [0.3, 0.4) is 0 Å². The molecule has 0 aliphatic heterocycles. The van der Waals surface area contributed by atoms with E-state index in [9.17, 15) is 19.8 Å². The predicted octanol–water partition coefficient (Wildman–Crippen LogP) is 7.17. The van der Waals surface area contributed by atoms with Gasteiger partial charge in [0.2, 0.25) is 11.7 Å². The molecule has 0 fully saturated rings. The van der Waals surface area contributed by atoms with Crippen LogP contribution in [0.15, 0.2) is 89.3 Å². The molecule has 3 aromatic carbocycles. The summed E-state index contributed by atoms with van der Waals surface area (Å²) in [4.78, 5) is 30.9. The molecule has 192 valence electrons. The van der Waals surface area contributed by atoms with Gasteiger partial charge in [-0.25, -0.2) is 4.98 Å². The number of carbonyl (C=O) groups excluding carboxylic acids is 2. The van der Waals surface area contributed by atoms with Crippen molar-refractivity contribution in [2.45, 2.75) is 13.8 Å². The van der Waals surface area contributed by atoms with Crippen LogP contribution in [0, 0.1) is 6.92 Å². The van der Waals surface area contributed by atoms with Crippen molar-refractivity contribution in [2.24, 2.45) is 0 Å². The van der Waals surface area contributed by atoms with Crippen LogP contribution in [0.4, 0.5) is 0 Å². The summed E-state index contributed by atoms with van der Waals surface area (Å²) < 4.78 is 7.12. The van der Waals surface area contributed by atoms with Crippen LogP contribution in [0.1, 0.15) is 38.4 Å². The van der Waals surface area contributed by atoms with Crippen LogP contribution >= 0.6 is 11.3 Å². The first-order valence-corrected chi connectivity index (χ1v) is 13.0. The van der Waals surface area contributed by atoms with E-state index in [1.165, 1.54) is 11.5 Å². The van der Waals surface area contributed by atoms with Gasteiger partial charge < -0.3 is 14.6 Å². The largest absolute Gasteiger partial charge is 0.503 e. The van der Waals surface area contributed by atoms with E-state index in [1.807, 2.05) is 66.7 Å². The standard InChI is InChI=1S/C31H22N2O5S/c1-17-29(18(2)34)39-31(32-17)33-26(21-14-12-20(13-15-21)19-8-4-3-5-9-19)25(28(36)30(33)37)27(35)24-16-22-10-6-7-11-23(22)38-24/h3-16,36-37H,1-2H3. The van der Waals surface area contributed by atoms with Gasteiger partial charge in [-0.1, -0.05) is 84.1 Å². The Labute approximate surface area is 227 Å². The van der Waals surface area contributed by atoms with E-state index in [1.54, 1.807) is 25.1 Å². The van der Waals surface area contributed by atoms with Gasteiger partial charge in [-0.2, -0.15) is 0 Å². The van der Waals surface area contributed by atoms with Gasteiger partial charge >= 0.3 is 0 Å². The van der Waals surface area contributed by atoms with Gasteiger partial charge in [0.05, 0.1) is 21.8 Å². The maximum Gasteiger partial charge on any atom is 0.242 e. The molecule has 0 aliphatic rings. The fourth-order valence-electron chi connectivity index (χ4n) is 4.69. The van der Waals surface area contributed by atoms with Crippen molar-refractivity contribution in [1.29, 1.82) is 0 Å². The predicted molar refractivity (Wildman–Crippen MR) is 150 cm³/mol. The number of ketones is 2. The first-order chi connectivity index (χ1) is 18.8. The Bertz CT molecular complexity index is 1850. The average Bonchev–Trinajstić information content (AvgIpc) is 3.63. The zero-order chi connectivity index (χ0) is 27.3. The number of hydrogen-bond acceptors (Lipinski definition) is 7. The number of carbonyl (C=O) groups is 2. The number of hydrogen-bond donors (Lipinski definition) is 2. The molecule has 0 unspecified atom stereocenters. The number of para-hydroxylation sites is 1. The summed E-state index contributed by atoms with van der Waals surface area (Å²) in [6.45, 7) is 3.14. The smallest absolute Gasteiger partial charge is 0.242 e. The summed E-state index contributed by atoms with van der Waals surface area (Å²) in [7, 11) is 0. The van der Waals surface area contributed by atoms with Crippen LogP contribution in [-0.4, -0.2) is 31.3 Å². The number of rotatable bonds is 6. The lowest BCUT2D eigenvalue weighted by atomic mass is 9.99. The van der Waals surface area contributed by atoms with Gasteiger partial charge in [0.15, 0.2) is 22.4 Å². The molecule has 3 heterocycles. The number of nitrogens with zero attached hydrogens (tertiary/aromatic N) is 2. The minimum atomic E-state index is -0.597. The summed E-state index contributed by atoms with van der Waals surface area (Å²) in [5.41, 5.74) is 3.66. The SMILES string of the molecule is CC(=O)c1sc(-n2c(O)c(O)c(C(=O)c3cc4ccccc4o3)c2-c2ccc(-c3ccccc3)cc2)nc1C. The fourth-order valence-corrected chi connectivity index (χ4v) is 5.67. The third kappa shape index (κ3) is 4.11. The molecule has 6 aromatic rings. The Balaban J connectivity index is 1.57. The molecule has 8 heteroatoms. The van der Waals surface area contributed by atoms with Crippen LogP contribution in [0.25, 0.3) is 38.5 Å². The van der Waals surface area contributed by atoms with E-state index >= 15 is 0 Å². The van der Waals surface area contributed by atoms with Crippen LogP contribution in [-0.2, 0) is 0 Å². The molecule has 3 aromatic heterocycles. The molecule has 6 rings (SSSR count). The van der Waals surface area contributed by atoms with Gasteiger partial charge in [0.1, 0.15) is 5.58 Å². The summed E-state index contributed by atoms with van der Waals surface area (Å²) >= 11 is 1.07. The van der Waals surface area contributed by atoms with Gasteiger partial charge in [0.25, 0.3) is 0 Å². The molecular weight excluding hydrogens is 512 g/mol. The minimum absolute atomic E-state index is 0.0190. The molecule has 2 N–H and O–H groups in total. The molecule has 7 nitrogen and oxygen atoms in total. The number of Topliss-reactive ketones (excluding diaryl/α,β-unsaturated/α-hetero) is 1. The molecule has 0 saturated heterocycles. The monoisotopic (exact) mass is 534 g/mol. The van der Waals surface area contributed by atoms with Gasteiger partial charge in [-0.05, 0) is 35.7 Å². The summed E-state index contributed by atoms with van der Waals surface area (Å²) in [6, 6.07) is 26.1. The van der Waals surface area contributed by atoms with E-state index in [4.69, 9.17) is 4.42 Å². The Kier molecular flexibility index (Phi) is 5.89. The van der Waals surface area contributed by atoms with Gasteiger partial charge in [-0.15, -0.1) is 0 Å². The third-order valence-electron chi connectivity index (χ3n) is 6.56. The zero-order valence-corrected chi connectivity index (χ0v) is 21.8. The molecular formula is C31H22N2O5S. The van der Waals surface area contributed by atoms with E-state index in [0.717, 1.165) is 27.8 Å². The topological polar surface area (TPSA) is 106 Å². The fraction of sp³-hybridized carbons (Fsp3) is 0.0645. The van der Waals surface area contributed by atoms with Crippen LogP contribution < -0.4 is 0 Å². The van der Waals surface area contributed by atoms with Crippen molar-refractivity contribution in [2.75, 3.05) is 0 Å². The maximum absolute atomic E-state index is 13.8. The van der Waals surface area contributed by atoms with Gasteiger partial charge in [-0.3, -0.25) is 14.2 Å². The average molecular weight is 535 g/mol. The molecule has 0 spiro atoms. The molecule has 0 amide bonds. The van der Waals surface area contributed by atoms with E-state index in [-0.39, 0.29) is 27.9 Å². The Morgan fingerprint density at radius 3 is 2.18 bits per heavy atom. The number of thiazole rings is 1. The lowest BCUT2D eigenvalue weighted by Gasteiger charge is -2.10. The number of aromatic hydroxyl groups is 2. The maximum atomic E-state index is 13.8. The van der Waals surface area contributed by atoms with Crippen molar-refractivity contribution in [3.8, 4) is 39.1 Å². The number of furan rings is 1. The molecule has 0 atom stereocenters. The van der Waals surface area contributed by atoms with Crippen molar-refractivity contribution in [3.63, 3.8) is 0 Å². The zero-order valence-electron chi connectivity index (χ0n) is 21.0. The summed E-state index contributed by atoms with van der Waals surface area (Å²) in [6.07, 6.45) is 0. The summed E-state index contributed by atoms with van der Waals surface area (Å²) in [5.74, 6) is -1.90. The third-order valence-corrected chi connectivity index (χ3v) is 7.80. The second kappa shape index (κ2) is 9.41. The normalized spacial score (nSPS) is 11.2. The van der Waals surface area contributed by atoms with Crippen molar-refractivity contribution >= 4 is 33.9 Å². The highest BCUT2D eigenvalue weighted by atomic mass is 32.1. The Morgan fingerprint density at radius 2 is 1.51 bits per heavy atom. The first-order valence-electron chi connectivity index (χ1n) is 12.2. The van der Waals surface area contributed by atoms with E-state index in [2.05, 4.69) is 4.98 Å². The highest BCUT2D eigenvalue weighted by molar-refractivity contribution is 7.16. The second-order valence-electron chi connectivity index (χ2n) is 9.12. The second-order valence-corrected chi connectivity index (χ2v) is 10.1. The Morgan fingerprint density at radius 1 is 0.872 bits per heavy atom. The molecule has 0 radical (unpaired) electrons. The number of aryl methyl sites for hydroxylation is 1. The summed E-state index contributed by atoms with van der Waals surface area (Å²) in [5, 5.41) is 23.2. The molecule has 0 bridgehead atoms. The van der Waals surface area contributed by atoms with Crippen molar-refractivity contribution in [1.82, 2.24) is 9.55 Å². The Hall–Kier alpha value is -4.95. The lowest BCUT2D eigenvalue weighted by Crippen LogP contribution is -2.04. The van der Waals surface area contributed by atoms with Crippen LogP contribution in [0.5, 0.6) is 11.6 Å². The minimum Gasteiger partial charge on any atom is -0.503 e. The van der Waals surface area contributed by atoms with E-state index in [0.29, 0.717) is 21.7 Å². The number of benzene rings is 3. The molecule has 0 saturated carbocycles. The highest BCUT2D eigenvalue weighted by Gasteiger charge is 2.33.